The van der Waals surface area contributed by atoms with Gasteiger partial charge < -0.3 is 10.2 Å². The Kier molecular flexibility index (Phi) is 2.44. The van der Waals surface area contributed by atoms with Crippen LogP contribution in [0.3, 0.4) is 0 Å². The third kappa shape index (κ3) is 1.62. The molecule has 2 aliphatic carbocycles. The van der Waals surface area contributed by atoms with Crippen LogP contribution >= 0.6 is 0 Å². The van der Waals surface area contributed by atoms with E-state index in [0.717, 1.165) is 32.1 Å². The maximum Gasteiger partial charge on any atom is 0.0728 e. The number of hydrogen-bond donors (Lipinski definition) is 2. The lowest BCUT2D eigenvalue weighted by atomic mass is 9.65. The molecule has 2 fully saturated rings. The van der Waals surface area contributed by atoms with Gasteiger partial charge in [-0.2, -0.15) is 0 Å². The highest BCUT2D eigenvalue weighted by molar-refractivity contribution is 5.13. The van der Waals surface area contributed by atoms with Crippen molar-refractivity contribution in [2.75, 3.05) is 6.61 Å². The molecule has 0 spiro atoms. The summed E-state index contributed by atoms with van der Waals surface area (Å²) >= 11 is 0. The van der Waals surface area contributed by atoms with Gasteiger partial charge in [-0.15, -0.1) is 0 Å². The molecule has 0 bridgehead atoms. The maximum atomic E-state index is 10.7. The average Bonchev–Trinajstić information content (AvgIpc) is 2.85. The summed E-state index contributed by atoms with van der Waals surface area (Å²) in [5, 5.41) is 20.2. The standard InChI is InChI=1S/C13H24O2/c1-10-8-12(10,9-14)13(15)6-4-11(2,3)5-7-13/h10,14-15H,4-9H2,1-3H3. The molecule has 2 N–H and O–H groups in total. The maximum absolute atomic E-state index is 10.7. The predicted molar refractivity (Wildman–Crippen MR) is 60.5 cm³/mol. The molecule has 0 aliphatic heterocycles. The van der Waals surface area contributed by atoms with Crippen LogP contribution in [0.25, 0.3) is 0 Å². The third-order valence-electron chi connectivity index (χ3n) is 5.09. The van der Waals surface area contributed by atoms with Crippen molar-refractivity contribution >= 4 is 0 Å². The molecule has 88 valence electrons. The first-order chi connectivity index (χ1) is 6.85. The van der Waals surface area contributed by atoms with Gasteiger partial charge in [0, 0.05) is 5.41 Å². The fraction of sp³-hybridized carbons (Fsp3) is 1.00. The molecule has 2 saturated carbocycles. The molecule has 0 amide bonds. The Hall–Kier alpha value is -0.0800. The normalized spacial score (nSPS) is 42.6. The molecule has 2 aliphatic rings. The van der Waals surface area contributed by atoms with Crippen molar-refractivity contribution in [2.24, 2.45) is 16.7 Å². The van der Waals surface area contributed by atoms with Crippen LogP contribution in [0.5, 0.6) is 0 Å². The Bertz CT molecular complexity index is 245. The lowest BCUT2D eigenvalue weighted by Gasteiger charge is -2.45. The SMILES string of the molecule is CC1CC1(CO)C1(O)CCC(C)(C)CC1. The summed E-state index contributed by atoms with van der Waals surface area (Å²) in [5.41, 5.74) is -0.374. The van der Waals surface area contributed by atoms with Gasteiger partial charge in [0.1, 0.15) is 0 Å². The van der Waals surface area contributed by atoms with Gasteiger partial charge >= 0.3 is 0 Å². The Morgan fingerprint density at radius 2 is 1.60 bits per heavy atom. The minimum absolute atomic E-state index is 0.158. The molecule has 15 heavy (non-hydrogen) atoms. The van der Waals surface area contributed by atoms with Gasteiger partial charge in [0.2, 0.25) is 0 Å². The summed E-state index contributed by atoms with van der Waals surface area (Å²) in [6.07, 6.45) is 4.90. The number of aliphatic hydroxyl groups excluding tert-OH is 1. The van der Waals surface area contributed by atoms with Gasteiger partial charge in [0.15, 0.2) is 0 Å². The molecule has 0 aromatic carbocycles. The quantitative estimate of drug-likeness (QED) is 0.737. The van der Waals surface area contributed by atoms with Gasteiger partial charge in [-0.25, -0.2) is 0 Å². The van der Waals surface area contributed by atoms with Gasteiger partial charge in [-0.3, -0.25) is 0 Å². The summed E-state index contributed by atoms with van der Waals surface area (Å²) in [7, 11) is 0. The van der Waals surface area contributed by atoms with E-state index in [1.165, 1.54) is 0 Å². The highest BCUT2D eigenvalue weighted by Gasteiger charge is 2.64. The Balaban J connectivity index is 2.10. The summed E-state index contributed by atoms with van der Waals surface area (Å²) in [4.78, 5) is 0. The van der Waals surface area contributed by atoms with Crippen molar-refractivity contribution in [1.29, 1.82) is 0 Å². The molecule has 2 unspecified atom stereocenters. The summed E-state index contributed by atoms with van der Waals surface area (Å²) in [6.45, 7) is 6.85. The molecule has 0 aromatic heterocycles. The molecular weight excluding hydrogens is 188 g/mol. The van der Waals surface area contributed by atoms with Gasteiger partial charge in [-0.05, 0) is 43.4 Å². The average molecular weight is 212 g/mol. The zero-order valence-electron chi connectivity index (χ0n) is 10.2. The third-order valence-corrected chi connectivity index (χ3v) is 5.09. The largest absolute Gasteiger partial charge is 0.396 e. The van der Waals surface area contributed by atoms with Gasteiger partial charge in [-0.1, -0.05) is 20.8 Å². The number of aliphatic hydroxyl groups is 2. The van der Waals surface area contributed by atoms with Crippen LogP contribution < -0.4 is 0 Å². The van der Waals surface area contributed by atoms with Crippen molar-refractivity contribution in [1.82, 2.24) is 0 Å². The van der Waals surface area contributed by atoms with Gasteiger partial charge in [0.05, 0.1) is 12.2 Å². The van der Waals surface area contributed by atoms with Crippen molar-refractivity contribution in [2.45, 2.75) is 58.5 Å². The van der Waals surface area contributed by atoms with Crippen molar-refractivity contribution in [3.05, 3.63) is 0 Å². The zero-order valence-corrected chi connectivity index (χ0v) is 10.2. The molecule has 0 heterocycles. The zero-order chi connectivity index (χ0) is 11.3. The molecule has 2 nitrogen and oxygen atoms in total. The van der Waals surface area contributed by atoms with E-state index in [2.05, 4.69) is 20.8 Å². The van der Waals surface area contributed by atoms with E-state index in [9.17, 15) is 10.2 Å². The lowest BCUT2D eigenvalue weighted by molar-refractivity contribution is -0.104. The van der Waals surface area contributed by atoms with Crippen LogP contribution in [-0.4, -0.2) is 22.4 Å². The summed E-state index contributed by atoms with van der Waals surface area (Å²) in [5.74, 6) is 0.494. The Morgan fingerprint density at radius 1 is 1.13 bits per heavy atom. The molecule has 0 saturated heterocycles. The fourth-order valence-electron chi connectivity index (χ4n) is 3.34. The Labute approximate surface area is 92.7 Å². The highest BCUT2D eigenvalue weighted by atomic mass is 16.3. The first-order valence-electron chi connectivity index (χ1n) is 6.19. The molecule has 2 rings (SSSR count). The topological polar surface area (TPSA) is 40.5 Å². The fourth-order valence-corrected chi connectivity index (χ4v) is 3.34. The van der Waals surface area contributed by atoms with E-state index in [1.54, 1.807) is 0 Å². The lowest BCUT2D eigenvalue weighted by Crippen LogP contribution is -2.47. The van der Waals surface area contributed by atoms with Crippen LogP contribution in [-0.2, 0) is 0 Å². The van der Waals surface area contributed by atoms with E-state index in [0.29, 0.717) is 11.3 Å². The molecular formula is C13H24O2. The van der Waals surface area contributed by atoms with Crippen LogP contribution in [0.15, 0.2) is 0 Å². The summed E-state index contributed by atoms with van der Waals surface area (Å²) in [6, 6.07) is 0. The second-order valence-corrected chi connectivity index (χ2v) is 6.62. The first-order valence-corrected chi connectivity index (χ1v) is 6.19. The van der Waals surface area contributed by atoms with Crippen molar-refractivity contribution in [3.63, 3.8) is 0 Å². The molecule has 0 aromatic rings. The first kappa shape index (κ1) is 11.4. The van der Waals surface area contributed by atoms with E-state index in [4.69, 9.17) is 0 Å². The van der Waals surface area contributed by atoms with Crippen LogP contribution in [0.2, 0.25) is 0 Å². The van der Waals surface area contributed by atoms with Crippen molar-refractivity contribution < 1.29 is 10.2 Å². The second-order valence-electron chi connectivity index (χ2n) is 6.62. The smallest absolute Gasteiger partial charge is 0.0728 e. The Morgan fingerprint density at radius 3 is 1.93 bits per heavy atom. The number of rotatable bonds is 2. The van der Waals surface area contributed by atoms with Crippen LogP contribution in [0.1, 0.15) is 52.9 Å². The molecule has 2 atom stereocenters. The van der Waals surface area contributed by atoms with Gasteiger partial charge in [0.25, 0.3) is 0 Å². The van der Waals surface area contributed by atoms with E-state index in [1.807, 2.05) is 0 Å². The number of hydrogen-bond acceptors (Lipinski definition) is 2. The predicted octanol–water partition coefficient (Wildman–Crippen LogP) is 2.34. The monoisotopic (exact) mass is 212 g/mol. The van der Waals surface area contributed by atoms with Crippen LogP contribution in [0, 0.1) is 16.7 Å². The molecule has 2 heteroatoms. The van der Waals surface area contributed by atoms with E-state index >= 15 is 0 Å². The molecule has 0 radical (unpaired) electrons. The minimum atomic E-state index is -0.587. The minimum Gasteiger partial charge on any atom is -0.396 e. The summed E-state index contributed by atoms with van der Waals surface area (Å²) < 4.78 is 0. The second kappa shape index (κ2) is 3.21. The highest BCUT2D eigenvalue weighted by Crippen LogP contribution is 2.63. The van der Waals surface area contributed by atoms with Crippen LogP contribution in [0.4, 0.5) is 0 Å². The van der Waals surface area contributed by atoms with E-state index < -0.39 is 5.60 Å². The van der Waals surface area contributed by atoms with Crippen molar-refractivity contribution in [3.8, 4) is 0 Å². The van der Waals surface area contributed by atoms with E-state index in [-0.39, 0.29) is 12.0 Å².